The van der Waals surface area contributed by atoms with Gasteiger partial charge in [0.2, 0.25) is 5.91 Å². The zero-order valence-electron chi connectivity index (χ0n) is 29.3. The predicted octanol–water partition coefficient (Wildman–Crippen LogP) is 3.75. The first kappa shape index (κ1) is 39.7. The van der Waals surface area contributed by atoms with E-state index in [2.05, 4.69) is 10.3 Å². The number of hydrogen-bond donors (Lipinski definition) is 1. The monoisotopic (exact) mass is 764 g/mol. The van der Waals surface area contributed by atoms with Gasteiger partial charge in [-0.1, -0.05) is 23.4 Å². The minimum Gasteiger partial charge on any atom is -0.463 e. The molecule has 2 aliphatic rings. The maximum Gasteiger partial charge on any atom is 0.303 e. The van der Waals surface area contributed by atoms with E-state index in [4.69, 9.17) is 23.7 Å². The van der Waals surface area contributed by atoms with E-state index < -0.39 is 88.5 Å². The summed E-state index contributed by atoms with van der Waals surface area (Å²) in [7, 11) is 0. The number of amides is 1. The Hall–Kier alpha value is -4.52. The van der Waals surface area contributed by atoms with Gasteiger partial charge in [-0.05, 0) is 31.2 Å². The van der Waals surface area contributed by atoms with Gasteiger partial charge in [0.15, 0.2) is 29.7 Å². The first-order valence-corrected chi connectivity index (χ1v) is 17.7. The van der Waals surface area contributed by atoms with Crippen LogP contribution in [0.3, 0.4) is 0 Å². The van der Waals surface area contributed by atoms with Gasteiger partial charge in [-0.25, -0.2) is 17.9 Å². The van der Waals surface area contributed by atoms with Crippen LogP contribution in [0.1, 0.15) is 46.6 Å². The highest BCUT2D eigenvalue weighted by molar-refractivity contribution is 8.01. The van der Waals surface area contributed by atoms with Crippen LogP contribution in [0.2, 0.25) is 0 Å². The normalized spacial score (nSPS) is 23.1. The van der Waals surface area contributed by atoms with E-state index in [1.54, 1.807) is 37.3 Å². The zero-order chi connectivity index (χ0) is 38.4. The molecule has 0 aliphatic carbocycles. The number of para-hydroxylation sites is 1. The smallest absolute Gasteiger partial charge is 0.303 e. The van der Waals surface area contributed by atoms with Gasteiger partial charge < -0.3 is 33.7 Å². The number of rotatable bonds is 12. The fourth-order valence-electron chi connectivity index (χ4n) is 6.30. The maximum absolute atomic E-state index is 14.6. The van der Waals surface area contributed by atoms with Crippen molar-refractivity contribution in [3.63, 3.8) is 0 Å². The van der Waals surface area contributed by atoms with Crippen molar-refractivity contribution < 1.29 is 61.1 Å². The lowest BCUT2D eigenvalue weighted by Crippen LogP contribution is -2.60. The molecule has 1 aromatic heterocycles. The molecule has 1 amide bonds. The molecule has 2 saturated heterocycles. The molecule has 2 fully saturated rings. The number of ether oxygens (including phenoxy) is 5. The van der Waals surface area contributed by atoms with Crippen LogP contribution in [-0.2, 0) is 42.9 Å². The third kappa shape index (κ3) is 9.17. The average molecular weight is 765 g/mol. The zero-order valence-corrected chi connectivity index (χ0v) is 30.1. The summed E-state index contributed by atoms with van der Waals surface area (Å²) in [4.78, 5) is 53.3. The molecule has 14 nitrogen and oxygen atoms in total. The Labute approximate surface area is 306 Å². The van der Waals surface area contributed by atoms with Crippen LogP contribution < -0.4 is 4.90 Å². The molecule has 5 rings (SSSR count). The Morgan fingerprint density at radius 1 is 1.00 bits per heavy atom. The molecule has 1 unspecified atom stereocenters. The highest BCUT2D eigenvalue weighted by Crippen LogP contribution is 2.44. The molecule has 3 heterocycles. The number of hydrogen-bond acceptors (Lipinski definition) is 13. The van der Waals surface area contributed by atoms with Crippen molar-refractivity contribution in [1.29, 1.82) is 0 Å². The van der Waals surface area contributed by atoms with Crippen LogP contribution in [0.5, 0.6) is 0 Å². The number of thioether (sulfide) groups is 1. The minimum atomic E-state index is -1.69. The number of carbonyl (C=O) groups is 4. The van der Waals surface area contributed by atoms with Crippen molar-refractivity contribution in [1.82, 2.24) is 15.0 Å². The second-order valence-electron chi connectivity index (χ2n) is 12.5. The van der Waals surface area contributed by atoms with Crippen molar-refractivity contribution in [3.8, 4) is 11.3 Å². The van der Waals surface area contributed by atoms with Crippen LogP contribution in [-0.4, -0.2) is 105 Å². The molecule has 6 atom stereocenters. The number of carbonyl (C=O) groups excluding carboxylic acids is 4. The number of aromatic nitrogens is 3. The van der Waals surface area contributed by atoms with Crippen LogP contribution in [0.15, 0.2) is 48.7 Å². The SMILES string of the molecule is CCN(C(=O)C(S[C@@H]1O[C@H](COC(C)=O)[C@H](OC(C)=O)[C@H](n2cc(-c3cc(F)c(F)c(F)c3)nn2)[C@H]1OC(C)=O)C1(O)CCOCC1)c1ccccc1. The quantitative estimate of drug-likeness (QED) is 0.161. The minimum absolute atomic E-state index is 0.0707. The van der Waals surface area contributed by atoms with Crippen molar-refractivity contribution in [2.75, 3.05) is 31.3 Å². The third-order valence-electron chi connectivity index (χ3n) is 8.76. The molecule has 3 aromatic rings. The number of aliphatic hydroxyl groups is 1. The molecule has 18 heteroatoms. The summed E-state index contributed by atoms with van der Waals surface area (Å²) in [6.45, 7) is 5.19. The molecule has 0 spiro atoms. The Kier molecular flexibility index (Phi) is 12.8. The molecule has 2 aliphatic heterocycles. The molecular formula is C35H39F3N4O10S. The van der Waals surface area contributed by atoms with Gasteiger partial charge in [-0.2, -0.15) is 0 Å². The van der Waals surface area contributed by atoms with E-state index in [0.29, 0.717) is 17.8 Å². The van der Waals surface area contributed by atoms with E-state index in [0.717, 1.165) is 37.2 Å². The van der Waals surface area contributed by atoms with E-state index >= 15 is 0 Å². The molecule has 53 heavy (non-hydrogen) atoms. The van der Waals surface area contributed by atoms with Gasteiger partial charge in [-0.3, -0.25) is 19.2 Å². The number of nitrogens with zero attached hydrogens (tertiary/aromatic N) is 4. The summed E-state index contributed by atoms with van der Waals surface area (Å²) in [5, 5.41) is 19.0. The lowest BCUT2D eigenvalue weighted by molar-refractivity contribution is -0.212. The van der Waals surface area contributed by atoms with Crippen molar-refractivity contribution >= 4 is 41.3 Å². The number of esters is 3. The molecule has 286 valence electrons. The second-order valence-corrected chi connectivity index (χ2v) is 13.7. The van der Waals surface area contributed by atoms with Gasteiger partial charge in [0.1, 0.15) is 35.1 Å². The average Bonchev–Trinajstić information content (AvgIpc) is 3.60. The molecule has 1 N–H and O–H groups in total. The van der Waals surface area contributed by atoms with Gasteiger partial charge in [0, 0.05) is 64.6 Å². The summed E-state index contributed by atoms with van der Waals surface area (Å²) in [5.74, 6) is -7.46. The highest BCUT2D eigenvalue weighted by Gasteiger charge is 2.55. The van der Waals surface area contributed by atoms with Crippen molar-refractivity contribution in [2.45, 2.75) is 81.2 Å². The van der Waals surface area contributed by atoms with E-state index in [1.807, 2.05) is 0 Å². The molecular weight excluding hydrogens is 725 g/mol. The third-order valence-corrected chi connectivity index (χ3v) is 10.3. The molecule has 0 bridgehead atoms. The summed E-state index contributed by atoms with van der Waals surface area (Å²) in [6.07, 6.45) is -2.77. The number of anilines is 1. The number of halogens is 3. The summed E-state index contributed by atoms with van der Waals surface area (Å²) in [6, 6.07) is 8.89. The molecule has 2 aromatic carbocycles. The van der Waals surface area contributed by atoms with E-state index in [9.17, 15) is 37.5 Å². The molecule has 0 saturated carbocycles. The summed E-state index contributed by atoms with van der Waals surface area (Å²) in [5.41, 5.74) is -2.74. The van der Waals surface area contributed by atoms with Gasteiger partial charge in [0.05, 0.1) is 11.8 Å². The van der Waals surface area contributed by atoms with Gasteiger partial charge in [-0.15, -0.1) is 16.9 Å². The van der Waals surface area contributed by atoms with Gasteiger partial charge >= 0.3 is 17.9 Å². The summed E-state index contributed by atoms with van der Waals surface area (Å²) < 4.78 is 72.0. The van der Waals surface area contributed by atoms with Crippen LogP contribution >= 0.6 is 11.8 Å². The lowest BCUT2D eigenvalue weighted by atomic mass is 9.89. The van der Waals surface area contributed by atoms with Crippen LogP contribution in [0.4, 0.5) is 18.9 Å². The lowest BCUT2D eigenvalue weighted by Gasteiger charge is -2.47. The van der Waals surface area contributed by atoms with E-state index in [1.165, 1.54) is 11.1 Å². The van der Waals surface area contributed by atoms with Crippen LogP contribution in [0, 0.1) is 17.5 Å². The van der Waals surface area contributed by atoms with E-state index in [-0.39, 0.29) is 43.9 Å². The Balaban J connectivity index is 1.63. The first-order valence-electron chi connectivity index (χ1n) is 16.7. The Morgan fingerprint density at radius 2 is 1.62 bits per heavy atom. The fraction of sp³-hybridized carbons (Fsp3) is 0.486. The Bertz CT molecular complexity index is 1770. The van der Waals surface area contributed by atoms with Crippen molar-refractivity contribution in [2.24, 2.45) is 0 Å². The highest BCUT2D eigenvalue weighted by atomic mass is 32.2. The topological polar surface area (TPSA) is 169 Å². The maximum atomic E-state index is 14.6. The van der Waals surface area contributed by atoms with Crippen molar-refractivity contribution in [3.05, 3.63) is 66.1 Å². The summed E-state index contributed by atoms with van der Waals surface area (Å²) >= 11 is 0.854. The standard InChI is InChI=1S/C35H39F3N4O10S/c1-5-41(23-9-7-6-8-10-23)33(46)32(35(47)11-13-48-14-12-35)53-34-31(51-21(4)45)29(30(50-20(3)44)27(52-34)18-49-19(2)43)42-17-26(39-40-42)22-15-24(36)28(38)25(37)16-22/h6-10,15-17,27,29-32,34,47H,5,11-14,18H2,1-4H3/t27-,29+,30+,31-,32?,34+/m1/s1. The fourth-order valence-corrected chi connectivity index (χ4v) is 7.88. The van der Waals surface area contributed by atoms with Gasteiger partial charge in [0.25, 0.3) is 0 Å². The number of benzene rings is 2. The Morgan fingerprint density at radius 3 is 2.21 bits per heavy atom. The van der Waals surface area contributed by atoms with Crippen LogP contribution in [0.25, 0.3) is 11.3 Å². The second kappa shape index (κ2) is 17.1. The first-order chi connectivity index (χ1) is 25.2. The predicted molar refractivity (Wildman–Crippen MR) is 182 cm³/mol. The largest absolute Gasteiger partial charge is 0.463 e. The molecule has 0 radical (unpaired) electrons.